The zero-order valence-corrected chi connectivity index (χ0v) is 19.5. The molecule has 3 N–H and O–H groups in total. The molecule has 1 saturated carbocycles. The van der Waals surface area contributed by atoms with Crippen LogP contribution in [0.3, 0.4) is 0 Å². The molecule has 12 heteroatoms. The molecule has 0 spiro atoms. The quantitative estimate of drug-likeness (QED) is 0.297. The Morgan fingerprint density at radius 3 is 2.16 bits per heavy atom. The monoisotopic (exact) mass is 527 g/mol. The number of benzene rings is 2. The number of hydrogen-bond donors (Lipinski definition) is 3. The summed E-state index contributed by atoms with van der Waals surface area (Å²) in [5.41, 5.74) is 1.61. The molecule has 1 amide bonds. The first-order chi connectivity index (χ1) is 17.4. The predicted octanol–water partition coefficient (Wildman–Crippen LogP) is 5.75. The number of nitrogens with zero attached hydrogens (tertiary/aromatic N) is 1. The fourth-order valence-electron chi connectivity index (χ4n) is 3.98. The molecule has 6 nitrogen and oxygen atoms in total. The highest BCUT2D eigenvalue weighted by atomic mass is 19.4. The zero-order chi connectivity index (χ0) is 27.3. The maximum atomic E-state index is 13.8. The van der Waals surface area contributed by atoms with Gasteiger partial charge in [0.2, 0.25) is 0 Å². The Balaban J connectivity index is 0.000000479. The largest absolute Gasteiger partial charge is 0.490 e. The number of pyridine rings is 1. The SMILES string of the molecule is Cc1cc(N[C@H]2CC[C@@H](NC(=O)c3ccc(F)c(F)c3F)CC2)nc2ccccc12.O=C(O)C(F)(F)F. The van der Waals surface area contributed by atoms with Crippen LogP contribution in [0.2, 0.25) is 0 Å². The minimum absolute atomic E-state index is 0.144. The van der Waals surface area contributed by atoms with Crippen LogP contribution in [0, 0.1) is 24.4 Å². The van der Waals surface area contributed by atoms with E-state index in [9.17, 15) is 31.1 Å². The number of alkyl halides is 3. The van der Waals surface area contributed by atoms with Crippen LogP contribution in [0.4, 0.5) is 32.2 Å². The smallest absolute Gasteiger partial charge is 0.475 e. The molecule has 0 bridgehead atoms. The van der Waals surface area contributed by atoms with Crippen molar-refractivity contribution in [2.45, 2.75) is 50.9 Å². The fourth-order valence-corrected chi connectivity index (χ4v) is 3.98. The van der Waals surface area contributed by atoms with Gasteiger partial charge >= 0.3 is 12.1 Å². The number of rotatable bonds is 4. The normalized spacial score (nSPS) is 17.5. The van der Waals surface area contributed by atoms with Crippen LogP contribution < -0.4 is 10.6 Å². The number of hydrogen-bond acceptors (Lipinski definition) is 4. The van der Waals surface area contributed by atoms with E-state index in [0.29, 0.717) is 12.8 Å². The standard InChI is InChI=1S/C23H22F3N3O.C2HF3O2/c1-13-12-20(29-19-5-3-2-4-16(13)19)27-14-6-8-15(9-7-14)28-23(30)17-10-11-18(24)22(26)21(17)25;3-2(4,5)1(6)7/h2-5,10-12,14-15H,6-9H2,1H3,(H,27,29)(H,28,30);(H,6,7)/t14-,15+;. The molecule has 0 radical (unpaired) electrons. The third-order valence-electron chi connectivity index (χ3n) is 5.86. The molecular weight excluding hydrogens is 504 g/mol. The lowest BCUT2D eigenvalue weighted by Crippen LogP contribution is -2.40. The fraction of sp³-hybridized carbons (Fsp3) is 0.320. The lowest BCUT2D eigenvalue weighted by molar-refractivity contribution is -0.192. The van der Waals surface area contributed by atoms with Gasteiger partial charge in [-0.1, -0.05) is 18.2 Å². The van der Waals surface area contributed by atoms with Crippen LogP contribution in [-0.2, 0) is 4.79 Å². The summed E-state index contributed by atoms with van der Waals surface area (Å²) in [7, 11) is 0. The highest BCUT2D eigenvalue weighted by Gasteiger charge is 2.38. The molecule has 1 aromatic heterocycles. The third kappa shape index (κ3) is 7.11. The summed E-state index contributed by atoms with van der Waals surface area (Å²) in [6, 6.07) is 11.8. The first-order valence-corrected chi connectivity index (χ1v) is 11.2. The van der Waals surface area contributed by atoms with Crippen molar-refractivity contribution >= 4 is 28.6 Å². The van der Waals surface area contributed by atoms with E-state index in [0.717, 1.165) is 47.3 Å². The van der Waals surface area contributed by atoms with Crippen molar-refractivity contribution in [2.24, 2.45) is 0 Å². The number of carboxylic acids is 1. The van der Waals surface area contributed by atoms with E-state index in [1.54, 1.807) is 0 Å². The van der Waals surface area contributed by atoms with Crippen molar-refractivity contribution in [3.63, 3.8) is 0 Å². The summed E-state index contributed by atoms with van der Waals surface area (Å²) in [5.74, 6) is -7.06. The van der Waals surface area contributed by atoms with Gasteiger partial charge in [0.1, 0.15) is 5.82 Å². The Hall–Kier alpha value is -3.83. The molecule has 1 heterocycles. The van der Waals surface area contributed by atoms with Crippen molar-refractivity contribution in [3.05, 3.63) is 71.0 Å². The number of carbonyl (C=O) groups excluding carboxylic acids is 1. The van der Waals surface area contributed by atoms with Gasteiger partial charge in [-0.2, -0.15) is 13.2 Å². The van der Waals surface area contributed by atoms with Crippen molar-refractivity contribution in [1.82, 2.24) is 10.3 Å². The van der Waals surface area contributed by atoms with E-state index >= 15 is 0 Å². The molecule has 0 saturated heterocycles. The topological polar surface area (TPSA) is 91.3 Å². The molecular formula is C25H23F6N3O3. The number of carboxylic acid groups (broad SMARTS) is 1. The molecule has 1 fully saturated rings. The number of halogens is 6. The van der Waals surface area contributed by atoms with Crippen molar-refractivity contribution < 1.29 is 41.0 Å². The van der Waals surface area contributed by atoms with E-state index in [-0.39, 0.29) is 12.1 Å². The highest BCUT2D eigenvalue weighted by molar-refractivity contribution is 5.94. The van der Waals surface area contributed by atoms with Crippen LogP contribution in [0.15, 0.2) is 42.5 Å². The first kappa shape index (κ1) is 27.8. The summed E-state index contributed by atoms with van der Waals surface area (Å²) in [5, 5.41) is 14.4. The second-order valence-electron chi connectivity index (χ2n) is 8.53. The second-order valence-corrected chi connectivity index (χ2v) is 8.53. The minimum atomic E-state index is -5.08. The molecule has 0 unspecified atom stereocenters. The molecule has 0 atom stereocenters. The van der Waals surface area contributed by atoms with Gasteiger partial charge in [0.05, 0.1) is 11.1 Å². The summed E-state index contributed by atoms with van der Waals surface area (Å²) >= 11 is 0. The molecule has 1 aliphatic carbocycles. The zero-order valence-electron chi connectivity index (χ0n) is 19.5. The maximum absolute atomic E-state index is 13.8. The molecule has 0 aliphatic heterocycles. The Bertz CT molecular complexity index is 1290. The van der Waals surface area contributed by atoms with Crippen LogP contribution in [0.5, 0.6) is 0 Å². The minimum Gasteiger partial charge on any atom is -0.475 e. The van der Waals surface area contributed by atoms with Crippen LogP contribution in [-0.4, -0.2) is 40.2 Å². The van der Waals surface area contributed by atoms with E-state index in [4.69, 9.17) is 9.90 Å². The number of para-hydroxylation sites is 1. The van der Waals surface area contributed by atoms with Crippen LogP contribution in [0.25, 0.3) is 10.9 Å². The van der Waals surface area contributed by atoms with Gasteiger partial charge in [0.25, 0.3) is 5.91 Å². The van der Waals surface area contributed by atoms with Gasteiger partial charge in [-0.3, -0.25) is 4.79 Å². The average Bonchev–Trinajstić information content (AvgIpc) is 2.83. The number of nitrogens with one attached hydrogen (secondary N) is 2. The predicted molar refractivity (Wildman–Crippen MR) is 124 cm³/mol. The third-order valence-corrected chi connectivity index (χ3v) is 5.86. The van der Waals surface area contributed by atoms with E-state index < -0.39 is 41.1 Å². The maximum Gasteiger partial charge on any atom is 0.490 e. The van der Waals surface area contributed by atoms with Gasteiger partial charge in [0, 0.05) is 17.5 Å². The summed E-state index contributed by atoms with van der Waals surface area (Å²) < 4.78 is 72.0. The molecule has 4 rings (SSSR count). The van der Waals surface area contributed by atoms with E-state index in [1.165, 1.54) is 0 Å². The van der Waals surface area contributed by atoms with Crippen LogP contribution in [0.1, 0.15) is 41.6 Å². The lowest BCUT2D eigenvalue weighted by Gasteiger charge is -2.30. The van der Waals surface area contributed by atoms with Gasteiger partial charge in [0.15, 0.2) is 17.5 Å². The average molecular weight is 527 g/mol. The summed E-state index contributed by atoms with van der Waals surface area (Å²) in [6.45, 7) is 2.05. The number of anilines is 1. The van der Waals surface area contributed by atoms with Gasteiger partial charge in [-0.15, -0.1) is 0 Å². The molecule has 3 aromatic rings. The number of aromatic nitrogens is 1. The molecule has 37 heavy (non-hydrogen) atoms. The van der Waals surface area contributed by atoms with Crippen LogP contribution >= 0.6 is 0 Å². The highest BCUT2D eigenvalue weighted by Crippen LogP contribution is 2.25. The Morgan fingerprint density at radius 2 is 1.54 bits per heavy atom. The van der Waals surface area contributed by atoms with E-state index in [1.807, 2.05) is 30.3 Å². The van der Waals surface area contributed by atoms with Gasteiger partial charge in [-0.05, 0) is 62.4 Å². The Labute approximate surface area is 207 Å². The molecule has 198 valence electrons. The van der Waals surface area contributed by atoms with Gasteiger partial charge in [-0.25, -0.2) is 22.9 Å². The van der Waals surface area contributed by atoms with E-state index in [2.05, 4.69) is 22.5 Å². The summed E-state index contributed by atoms with van der Waals surface area (Å²) in [6.07, 6.45) is -2.08. The number of amides is 1. The number of fused-ring (bicyclic) bond motifs is 1. The number of aliphatic carboxylic acids is 1. The Morgan fingerprint density at radius 1 is 0.946 bits per heavy atom. The molecule has 2 aromatic carbocycles. The van der Waals surface area contributed by atoms with Crippen molar-refractivity contribution in [1.29, 1.82) is 0 Å². The first-order valence-electron chi connectivity index (χ1n) is 11.2. The number of aryl methyl sites for hydroxylation is 1. The summed E-state index contributed by atoms with van der Waals surface area (Å²) in [4.78, 5) is 25.8. The van der Waals surface area contributed by atoms with Crippen molar-refractivity contribution in [3.8, 4) is 0 Å². The molecule has 1 aliphatic rings. The number of carbonyl (C=O) groups is 2. The van der Waals surface area contributed by atoms with Crippen molar-refractivity contribution in [2.75, 3.05) is 5.32 Å². The van der Waals surface area contributed by atoms with Gasteiger partial charge < -0.3 is 15.7 Å². The Kier molecular flexibility index (Phi) is 8.61. The lowest BCUT2D eigenvalue weighted by atomic mass is 9.91. The second kappa shape index (κ2) is 11.5.